The number of halogens is 1. The lowest BCUT2D eigenvalue weighted by Gasteiger charge is -2.01. The Kier molecular flexibility index (Phi) is 2.34. The quantitative estimate of drug-likeness (QED) is 0.905. The van der Waals surface area contributed by atoms with Gasteiger partial charge in [0.2, 0.25) is 0 Å². The highest BCUT2D eigenvalue weighted by Crippen LogP contribution is 2.44. The molecule has 0 aliphatic heterocycles. The van der Waals surface area contributed by atoms with Crippen molar-refractivity contribution in [2.75, 3.05) is 0 Å². The SMILES string of the molecule is CCn1nc(C(=O)O)c(Br)c1C1CC1. The van der Waals surface area contributed by atoms with Crippen molar-refractivity contribution in [3.8, 4) is 0 Å². The van der Waals surface area contributed by atoms with Crippen LogP contribution in [0, 0.1) is 0 Å². The third-order valence-electron chi connectivity index (χ3n) is 2.40. The van der Waals surface area contributed by atoms with Crippen LogP contribution in [0.1, 0.15) is 41.9 Å². The maximum atomic E-state index is 10.8. The van der Waals surface area contributed by atoms with E-state index in [1.165, 1.54) is 0 Å². The van der Waals surface area contributed by atoms with E-state index in [2.05, 4.69) is 21.0 Å². The summed E-state index contributed by atoms with van der Waals surface area (Å²) in [5, 5.41) is 13.0. The third kappa shape index (κ3) is 1.45. The lowest BCUT2D eigenvalue weighted by Crippen LogP contribution is -2.03. The van der Waals surface area contributed by atoms with Crippen molar-refractivity contribution in [3.05, 3.63) is 15.9 Å². The summed E-state index contributed by atoms with van der Waals surface area (Å²) in [4.78, 5) is 10.8. The van der Waals surface area contributed by atoms with Gasteiger partial charge < -0.3 is 5.11 Å². The molecule has 5 heteroatoms. The smallest absolute Gasteiger partial charge is 0.357 e. The van der Waals surface area contributed by atoms with Gasteiger partial charge in [-0.3, -0.25) is 4.68 Å². The van der Waals surface area contributed by atoms with Gasteiger partial charge in [0.05, 0.1) is 10.2 Å². The normalized spacial score (nSPS) is 15.9. The Hall–Kier alpha value is -0.840. The summed E-state index contributed by atoms with van der Waals surface area (Å²) in [5.74, 6) is -0.462. The molecule has 76 valence electrons. The van der Waals surface area contributed by atoms with Crippen LogP contribution in [0.5, 0.6) is 0 Å². The largest absolute Gasteiger partial charge is 0.476 e. The number of carboxylic acids is 1. The van der Waals surface area contributed by atoms with Gasteiger partial charge in [-0.1, -0.05) is 0 Å². The number of carbonyl (C=O) groups is 1. The van der Waals surface area contributed by atoms with E-state index in [1.807, 2.05) is 6.92 Å². The topological polar surface area (TPSA) is 55.1 Å². The molecule has 0 bridgehead atoms. The third-order valence-corrected chi connectivity index (χ3v) is 3.18. The fourth-order valence-corrected chi connectivity index (χ4v) is 2.35. The molecule has 1 heterocycles. The van der Waals surface area contributed by atoms with Crippen LogP contribution in [-0.4, -0.2) is 20.9 Å². The average Bonchev–Trinajstić information content (AvgIpc) is 2.90. The van der Waals surface area contributed by atoms with E-state index in [0.29, 0.717) is 10.4 Å². The molecule has 1 fully saturated rings. The fraction of sp³-hybridized carbons (Fsp3) is 0.556. The van der Waals surface area contributed by atoms with Gasteiger partial charge in [-0.2, -0.15) is 5.10 Å². The molecule has 0 amide bonds. The summed E-state index contributed by atoms with van der Waals surface area (Å²) in [7, 11) is 0. The van der Waals surface area contributed by atoms with Gasteiger partial charge in [0.15, 0.2) is 5.69 Å². The zero-order valence-electron chi connectivity index (χ0n) is 7.83. The van der Waals surface area contributed by atoms with E-state index in [4.69, 9.17) is 5.11 Å². The number of aromatic carboxylic acids is 1. The number of carboxylic acid groups (broad SMARTS) is 1. The summed E-state index contributed by atoms with van der Waals surface area (Å²) in [5.41, 5.74) is 1.18. The summed E-state index contributed by atoms with van der Waals surface area (Å²) >= 11 is 3.32. The first kappa shape index (κ1) is 9.71. The first-order valence-electron chi connectivity index (χ1n) is 4.64. The Morgan fingerprint density at radius 2 is 2.36 bits per heavy atom. The second kappa shape index (κ2) is 3.38. The molecule has 14 heavy (non-hydrogen) atoms. The molecule has 4 nitrogen and oxygen atoms in total. The van der Waals surface area contributed by atoms with Crippen LogP contribution in [0.2, 0.25) is 0 Å². The Balaban J connectivity index is 2.50. The van der Waals surface area contributed by atoms with Gasteiger partial charge in [0.25, 0.3) is 0 Å². The molecule has 0 spiro atoms. The highest BCUT2D eigenvalue weighted by molar-refractivity contribution is 9.10. The molecule has 0 unspecified atom stereocenters. The van der Waals surface area contributed by atoms with E-state index >= 15 is 0 Å². The molecule has 0 aromatic carbocycles. The van der Waals surface area contributed by atoms with Crippen LogP contribution < -0.4 is 0 Å². The molecule has 2 rings (SSSR count). The number of aryl methyl sites for hydroxylation is 1. The van der Waals surface area contributed by atoms with Gasteiger partial charge in [-0.15, -0.1) is 0 Å². The number of hydrogen-bond acceptors (Lipinski definition) is 2. The Bertz CT molecular complexity index is 382. The Morgan fingerprint density at radius 1 is 1.71 bits per heavy atom. The van der Waals surface area contributed by atoms with Crippen molar-refractivity contribution < 1.29 is 9.90 Å². The van der Waals surface area contributed by atoms with Crippen LogP contribution >= 0.6 is 15.9 Å². The van der Waals surface area contributed by atoms with Crippen LogP contribution in [-0.2, 0) is 6.54 Å². The summed E-state index contributed by atoms with van der Waals surface area (Å²) in [6.07, 6.45) is 2.28. The Morgan fingerprint density at radius 3 is 2.79 bits per heavy atom. The lowest BCUT2D eigenvalue weighted by atomic mass is 10.2. The summed E-state index contributed by atoms with van der Waals surface area (Å²) in [6, 6.07) is 0. The van der Waals surface area contributed by atoms with Crippen LogP contribution in [0.3, 0.4) is 0 Å². The predicted octanol–water partition coefficient (Wildman–Crippen LogP) is 2.24. The first-order valence-corrected chi connectivity index (χ1v) is 5.44. The number of nitrogens with zero attached hydrogens (tertiary/aromatic N) is 2. The minimum Gasteiger partial charge on any atom is -0.476 e. The second-order valence-electron chi connectivity index (χ2n) is 3.44. The molecule has 0 saturated heterocycles. The molecule has 1 N–H and O–H groups in total. The van der Waals surface area contributed by atoms with Crippen molar-refractivity contribution in [2.45, 2.75) is 32.2 Å². The van der Waals surface area contributed by atoms with Crippen molar-refractivity contribution in [3.63, 3.8) is 0 Å². The number of hydrogen-bond donors (Lipinski definition) is 1. The molecular formula is C9H11BrN2O2. The number of rotatable bonds is 3. The summed E-state index contributed by atoms with van der Waals surface area (Å²) in [6.45, 7) is 2.69. The standard InChI is InChI=1S/C9H11BrN2O2/c1-2-12-8(5-3-4-5)6(10)7(11-12)9(13)14/h5H,2-4H2,1H3,(H,13,14). The van der Waals surface area contributed by atoms with Gasteiger partial charge in [0, 0.05) is 12.5 Å². The fourth-order valence-electron chi connectivity index (χ4n) is 1.58. The minimum atomic E-state index is -0.967. The number of aromatic nitrogens is 2. The lowest BCUT2D eigenvalue weighted by molar-refractivity contribution is 0.0688. The van der Waals surface area contributed by atoms with Crippen molar-refractivity contribution >= 4 is 21.9 Å². The molecule has 1 saturated carbocycles. The highest BCUT2D eigenvalue weighted by atomic mass is 79.9. The van der Waals surface area contributed by atoms with Gasteiger partial charge in [-0.05, 0) is 35.7 Å². The zero-order chi connectivity index (χ0) is 10.3. The molecule has 0 atom stereocenters. The molecule has 1 aliphatic rings. The predicted molar refractivity (Wildman–Crippen MR) is 54.5 cm³/mol. The van der Waals surface area contributed by atoms with Crippen molar-refractivity contribution in [1.29, 1.82) is 0 Å². The van der Waals surface area contributed by atoms with Gasteiger partial charge in [0.1, 0.15) is 0 Å². The minimum absolute atomic E-state index is 0.133. The highest BCUT2D eigenvalue weighted by Gasteiger charge is 2.32. The maximum Gasteiger partial charge on any atom is 0.357 e. The van der Waals surface area contributed by atoms with E-state index in [-0.39, 0.29) is 5.69 Å². The zero-order valence-corrected chi connectivity index (χ0v) is 9.41. The van der Waals surface area contributed by atoms with Crippen LogP contribution in [0.25, 0.3) is 0 Å². The van der Waals surface area contributed by atoms with E-state index in [9.17, 15) is 4.79 Å². The van der Waals surface area contributed by atoms with Gasteiger partial charge >= 0.3 is 5.97 Å². The van der Waals surface area contributed by atoms with Crippen LogP contribution in [0.4, 0.5) is 0 Å². The van der Waals surface area contributed by atoms with E-state index < -0.39 is 5.97 Å². The van der Waals surface area contributed by atoms with Crippen LogP contribution in [0.15, 0.2) is 4.47 Å². The maximum absolute atomic E-state index is 10.8. The Labute approximate surface area is 90.0 Å². The monoisotopic (exact) mass is 258 g/mol. The molecular weight excluding hydrogens is 248 g/mol. The van der Waals surface area contributed by atoms with Crippen molar-refractivity contribution in [1.82, 2.24) is 9.78 Å². The second-order valence-corrected chi connectivity index (χ2v) is 4.24. The molecule has 1 aliphatic carbocycles. The average molecular weight is 259 g/mol. The first-order chi connectivity index (χ1) is 6.65. The van der Waals surface area contributed by atoms with Crippen molar-refractivity contribution in [2.24, 2.45) is 0 Å². The molecule has 1 aromatic heterocycles. The molecule has 0 radical (unpaired) electrons. The van der Waals surface area contributed by atoms with Gasteiger partial charge in [-0.25, -0.2) is 4.79 Å². The molecule has 1 aromatic rings. The van der Waals surface area contributed by atoms with E-state index in [0.717, 1.165) is 25.1 Å². The van der Waals surface area contributed by atoms with E-state index in [1.54, 1.807) is 4.68 Å². The summed E-state index contributed by atoms with van der Waals surface area (Å²) < 4.78 is 2.44.